The number of amides is 1. The highest BCUT2D eigenvalue weighted by atomic mass is 19.2. The molecule has 0 aliphatic heterocycles. The van der Waals surface area contributed by atoms with Gasteiger partial charge < -0.3 is 11.1 Å². The van der Waals surface area contributed by atoms with E-state index in [9.17, 15) is 26.7 Å². The van der Waals surface area contributed by atoms with Gasteiger partial charge in [0.15, 0.2) is 29.0 Å². The zero-order valence-corrected chi connectivity index (χ0v) is 10.3. The number of nitrogens with one attached hydrogen (secondary N) is 1. The SMILES string of the molecule is Cn1cc(N)c(C(=O)Nc2c(F)c(F)c(F)c(F)c2F)n1. The molecule has 3 N–H and O–H groups in total. The first-order valence-corrected chi connectivity index (χ1v) is 5.36. The molecular weight excluding hydrogens is 299 g/mol. The summed E-state index contributed by atoms with van der Waals surface area (Å²) in [7, 11) is 1.42. The molecule has 0 unspecified atom stereocenters. The maximum atomic E-state index is 13.4. The van der Waals surface area contributed by atoms with Gasteiger partial charge in [0.2, 0.25) is 5.82 Å². The van der Waals surface area contributed by atoms with E-state index in [-0.39, 0.29) is 5.69 Å². The van der Waals surface area contributed by atoms with Gasteiger partial charge in [-0.3, -0.25) is 9.48 Å². The maximum absolute atomic E-state index is 13.4. The molecule has 0 atom stereocenters. The van der Waals surface area contributed by atoms with E-state index in [1.54, 1.807) is 5.32 Å². The predicted octanol–water partition coefficient (Wildman–Crippen LogP) is 1.95. The van der Waals surface area contributed by atoms with Gasteiger partial charge in [-0.25, -0.2) is 22.0 Å². The first-order chi connectivity index (χ1) is 9.73. The van der Waals surface area contributed by atoms with Crippen molar-refractivity contribution in [2.24, 2.45) is 7.05 Å². The van der Waals surface area contributed by atoms with Gasteiger partial charge in [-0.1, -0.05) is 0 Å². The third kappa shape index (κ3) is 2.39. The van der Waals surface area contributed by atoms with E-state index in [4.69, 9.17) is 5.73 Å². The number of nitrogens with two attached hydrogens (primary N) is 1. The number of nitrogens with zero attached hydrogens (tertiary/aromatic N) is 2. The lowest BCUT2D eigenvalue weighted by Crippen LogP contribution is -2.18. The number of carbonyl (C=O) groups is 1. The van der Waals surface area contributed by atoms with E-state index in [2.05, 4.69) is 5.10 Å². The van der Waals surface area contributed by atoms with Crippen LogP contribution in [0.3, 0.4) is 0 Å². The molecule has 1 aromatic carbocycles. The van der Waals surface area contributed by atoms with E-state index >= 15 is 0 Å². The van der Waals surface area contributed by atoms with E-state index in [1.807, 2.05) is 0 Å². The van der Waals surface area contributed by atoms with Crippen molar-refractivity contribution in [3.8, 4) is 0 Å². The summed E-state index contributed by atoms with van der Waals surface area (Å²) in [6.45, 7) is 0. The number of halogens is 5. The van der Waals surface area contributed by atoms with Gasteiger partial charge in [0.1, 0.15) is 5.69 Å². The van der Waals surface area contributed by atoms with Gasteiger partial charge >= 0.3 is 0 Å². The van der Waals surface area contributed by atoms with Crippen molar-refractivity contribution in [3.63, 3.8) is 0 Å². The normalized spacial score (nSPS) is 10.8. The summed E-state index contributed by atoms with van der Waals surface area (Å²) >= 11 is 0. The topological polar surface area (TPSA) is 72.9 Å². The zero-order chi connectivity index (χ0) is 15.9. The Labute approximate surface area is 114 Å². The summed E-state index contributed by atoms with van der Waals surface area (Å²) in [5.41, 5.74) is 3.40. The number of hydrogen-bond donors (Lipinski definition) is 2. The summed E-state index contributed by atoms with van der Waals surface area (Å²) < 4.78 is 66.7. The number of hydrogen-bond acceptors (Lipinski definition) is 3. The highest BCUT2D eigenvalue weighted by Gasteiger charge is 2.28. The van der Waals surface area contributed by atoms with Crippen LogP contribution in [0.25, 0.3) is 0 Å². The third-order valence-corrected chi connectivity index (χ3v) is 2.52. The molecule has 10 heteroatoms. The van der Waals surface area contributed by atoms with Crippen molar-refractivity contribution in [2.45, 2.75) is 0 Å². The molecule has 0 radical (unpaired) electrons. The minimum atomic E-state index is -2.32. The first-order valence-electron chi connectivity index (χ1n) is 5.36. The highest BCUT2D eigenvalue weighted by molar-refractivity contribution is 6.06. The monoisotopic (exact) mass is 306 g/mol. The fourth-order valence-corrected chi connectivity index (χ4v) is 1.57. The Bertz CT molecular complexity index is 714. The summed E-state index contributed by atoms with van der Waals surface area (Å²) in [4.78, 5) is 11.7. The Kier molecular flexibility index (Phi) is 3.54. The van der Waals surface area contributed by atoms with Gasteiger partial charge in [0, 0.05) is 13.2 Å². The van der Waals surface area contributed by atoms with Crippen LogP contribution in [0.15, 0.2) is 6.20 Å². The van der Waals surface area contributed by atoms with Crippen LogP contribution in [0.5, 0.6) is 0 Å². The Morgan fingerprint density at radius 1 is 1.10 bits per heavy atom. The van der Waals surface area contributed by atoms with Crippen LogP contribution in [0.1, 0.15) is 10.5 Å². The smallest absolute Gasteiger partial charge is 0.278 e. The van der Waals surface area contributed by atoms with Crippen molar-refractivity contribution < 1.29 is 26.7 Å². The van der Waals surface area contributed by atoms with Gasteiger partial charge in [-0.05, 0) is 0 Å². The number of anilines is 2. The van der Waals surface area contributed by atoms with Crippen LogP contribution >= 0.6 is 0 Å². The first kappa shape index (κ1) is 14.8. The summed E-state index contributed by atoms with van der Waals surface area (Å²) in [6, 6.07) is 0. The quantitative estimate of drug-likeness (QED) is 0.506. The van der Waals surface area contributed by atoms with Gasteiger partial charge in [0.05, 0.1) is 5.69 Å². The minimum Gasteiger partial charge on any atom is -0.396 e. The lowest BCUT2D eigenvalue weighted by molar-refractivity contribution is 0.102. The van der Waals surface area contributed by atoms with Crippen molar-refractivity contribution >= 4 is 17.3 Å². The average Bonchev–Trinajstić information content (AvgIpc) is 2.78. The van der Waals surface area contributed by atoms with E-state index < -0.39 is 46.4 Å². The van der Waals surface area contributed by atoms with Crippen LogP contribution in [0.4, 0.5) is 33.3 Å². The molecule has 1 aromatic heterocycles. The Morgan fingerprint density at radius 2 is 1.57 bits per heavy atom. The number of rotatable bonds is 2. The van der Waals surface area contributed by atoms with Crippen molar-refractivity contribution in [3.05, 3.63) is 41.0 Å². The second-order valence-electron chi connectivity index (χ2n) is 4.01. The predicted molar refractivity (Wildman–Crippen MR) is 61.8 cm³/mol. The van der Waals surface area contributed by atoms with Gasteiger partial charge in [-0.15, -0.1) is 0 Å². The van der Waals surface area contributed by atoms with E-state index in [0.717, 1.165) is 4.68 Å². The van der Waals surface area contributed by atoms with Crippen LogP contribution in [0.2, 0.25) is 0 Å². The number of nitrogen functional groups attached to an aromatic ring is 1. The molecule has 21 heavy (non-hydrogen) atoms. The Balaban J connectivity index is 2.45. The fraction of sp³-hybridized carbons (Fsp3) is 0.0909. The van der Waals surface area contributed by atoms with Crippen LogP contribution in [0, 0.1) is 29.1 Å². The standard InChI is InChI=1S/C11H7F5N4O/c1-20-2-3(17)9(19-20)11(21)18-10-7(15)5(13)4(12)6(14)8(10)16/h2H,17H2,1H3,(H,18,21). The summed E-state index contributed by atoms with van der Waals surface area (Å²) in [5, 5.41) is 5.17. The summed E-state index contributed by atoms with van der Waals surface area (Å²) in [5.74, 6) is -12.2. The molecule has 0 saturated carbocycles. The minimum absolute atomic E-state index is 0.126. The molecule has 1 heterocycles. The molecule has 112 valence electrons. The second-order valence-corrected chi connectivity index (χ2v) is 4.01. The van der Waals surface area contributed by atoms with E-state index in [0.29, 0.717) is 0 Å². The van der Waals surface area contributed by atoms with Gasteiger partial charge in [-0.2, -0.15) is 5.10 Å². The van der Waals surface area contributed by atoms with E-state index in [1.165, 1.54) is 13.2 Å². The Morgan fingerprint density at radius 3 is 2.00 bits per heavy atom. The molecule has 2 rings (SSSR count). The van der Waals surface area contributed by atoms with Crippen LogP contribution in [-0.2, 0) is 7.05 Å². The van der Waals surface area contributed by atoms with Crippen molar-refractivity contribution in [1.82, 2.24) is 9.78 Å². The third-order valence-electron chi connectivity index (χ3n) is 2.52. The molecule has 0 saturated heterocycles. The maximum Gasteiger partial charge on any atom is 0.278 e. The molecule has 0 aliphatic rings. The lowest BCUT2D eigenvalue weighted by atomic mass is 10.2. The second kappa shape index (κ2) is 5.04. The molecule has 0 aliphatic carbocycles. The largest absolute Gasteiger partial charge is 0.396 e. The zero-order valence-electron chi connectivity index (χ0n) is 10.3. The number of aromatic nitrogens is 2. The molecule has 5 nitrogen and oxygen atoms in total. The molecule has 1 amide bonds. The molecule has 0 fully saturated rings. The van der Waals surface area contributed by atoms with Crippen LogP contribution < -0.4 is 11.1 Å². The summed E-state index contributed by atoms with van der Waals surface area (Å²) in [6.07, 6.45) is 1.23. The lowest BCUT2D eigenvalue weighted by Gasteiger charge is -2.09. The molecule has 0 bridgehead atoms. The number of aryl methyl sites for hydroxylation is 1. The highest BCUT2D eigenvalue weighted by Crippen LogP contribution is 2.27. The number of benzene rings is 1. The molecule has 0 spiro atoms. The van der Waals surface area contributed by atoms with Crippen LogP contribution in [-0.4, -0.2) is 15.7 Å². The Hall–Kier alpha value is -2.65. The van der Waals surface area contributed by atoms with Gasteiger partial charge in [0.25, 0.3) is 5.91 Å². The average molecular weight is 306 g/mol. The fourth-order valence-electron chi connectivity index (χ4n) is 1.57. The van der Waals surface area contributed by atoms with Crippen molar-refractivity contribution in [2.75, 3.05) is 11.1 Å². The molecule has 2 aromatic rings. The van der Waals surface area contributed by atoms with Crippen molar-refractivity contribution in [1.29, 1.82) is 0 Å². The number of carbonyl (C=O) groups excluding carboxylic acids is 1. The molecular formula is C11H7F5N4O.